The molecule has 0 radical (unpaired) electrons. The van der Waals surface area contributed by atoms with Crippen LogP contribution in [0.2, 0.25) is 0 Å². The Morgan fingerprint density at radius 1 is 1.09 bits per heavy atom. The van der Waals surface area contributed by atoms with Crippen molar-refractivity contribution < 1.29 is 24.2 Å². The van der Waals surface area contributed by atoms with Crippen molar-refractivity contribution in [2.45, 2.75) is 32.2 Å². The van der Waals surface area contributed by atoms with Gasteiger partial charge >= 0.3 is 0 Å². The highest BCUT2D eigenvalue weighted by atomic mass is 16.5. The van der Waals surface area contributed by atoms with E-state index in [0.29, 0.717) is 17.9 Å². The number of ketones is 1. The van der Waals surface area contributed by atoms with E-state index >= 15 is 0 Å². The summed E-state index contributed by atoms with van der Waals surface area (Å²) in [6.07, 6.45) is 1.64. The quantitative estimate of drug-likeness (QED) is 0.276. The van der Waals surface area contributed by atoms with E-state index in [1.165, 1.54) is 4.90 Å². The van der Waals surface area contributed by atoms with Crippen molar-refractivity contribution >= 4 is 17.4 Å². The van der Waals surface area contributed by atoms with E-state index < -0.39 is 17.7 Å². The molecule has 174 valence electrons. The van der Waals surface area contributed by atoms with Crippen LogP contribution >= 0.6 is 0 Å². The molecule has 2 aromatic rings. The average molecular weight is 450 g/mol. The van der Waals surface area contributed by atoms with Crippen LogP contribution < -0.4 is 4.74 Å². The van der Waals surface area contributed by atoms with Crippen molar-refractivity contribution in [3.8, 4) is 5.75 Å². The zero-order chi connectivity index (χ0) is 24.2. The van der Waals surface area contributed by atoms with E-state index in [1.54, 1.807) is 37.5 Å². The number of likely N-dealkylation sites (tertiary alicyclic amines) is 1. The number of benzene rings is 2. The summed E-state index contributed by atoms with van der Waals surface area (Å²) in [6, 6.07) is 13.8. The van der Waals surface area contributed by atoms with Crippen LogP contribution in [0.3, 0.4) is 0 Å². The fourth-order valence-electron chi connectivity index (χ4n) is 3.83. The monoisotopic (exact) mass is 449 g/mol. The third-order valence-electron chi connectivity index (χ3n) is 5.66. The van der Waals surface area contributed by atoms with Gasteiger partial charge in [0, 0.05) is 19.2 Å². The third kappa shape index (κ3) is 5.17. The van der Waals surface area contributed by atoms with E-state index in [4.69, 9.17) is 9.47 Å². The molecule has 1 N–H and O–H groups in total. The van der Waals surface area contributed by atoms with Crippen molar-refractivity contribution in [1.29, 1.82) is 0 Å². The minimum atomic E-state index is -0.708. The van der Waals surface area contributed by atoms with Gasteiger partial charge in [-0.15, -0.1) is 0 Å². The van der Waals surface area contributed by atoms with Crippen LogP contribution in [0.15, 0.2) is 66.8 Å². The Morgan fingerprint density at radius 2 is 1.73 bits per heavy atom. The van der Waals surface area contributed by atoms with Gasteiger partial charge in [-0.3, -0.25) is 9.59 Å². The van der Waals surface area contributed by atoms with Crippen LogP contribution in [-0.2, 0) is 19.7 Å². The molecule has 6 nitrogen and oxygen atoms in total. The lowest BCUT2D eigenvalue weighted by Gasteiger charge is -2.26. The standard InChI is InChI=1S/C27H31NO5/c1-6-16-33-21-13-9-19(10-14-21)24(29)22-23(28(15-17-32-5)26(31)25(22)30)18-7-11-20(12-8-18)27(2,3)4/h6-14,23,29H,1,15-17H2,2-5H3/t23-/m0/s1. The van der Waals surface area contributed by atoms with Crippen LogP contribution in [0, 0.1) is 0 Å². The molecule has 1 amide bonds. The van der Waals surface area contributed by atoms with Crippen LogP contribution in [-0.4, -0.2) is 48.6 Å². The van der Waals surface area contributed by atoms with Gasteiger partial charge in [0.05, 0.1) is 18.2 Å². The zero-order valence-electron chi connectivity index (χ0n) is 19.6. The predicted octanol–water partition coefficient (Wildman–Crippen LogP) is 4.62. The molecular formula is C27H31NO5. The molecule has 0 bridgehead atoms. The summed E-state index contributed by atoms with van der Waals surface area (Å²) >= 11 is 0. The molecule has 3 rings (SSSR count). The number of aliphatic hydroxyl groups excluding tert-OH is 1. The molecule has 0 saturated carbocycles. The second-order valence-electron chi connectivity index (χ2n) is 8.98. The number of aliphatic hydroxyl groups is 1. The Bertz CT molecular complexity index is 1050. The number of ether oxygens (including phenoxy) is 2. The van der Waals surface area contributed by atoms with Crippen molar-refractivity contribution in [3.63, 3.8) is 0 Å². The van der Waals surface area contributed by atoms with E-state index in [9.17, 15) is 14.7 Å². The first kappa shape index (κ1) is 24.3. The van der Waals surface area contributed by atoms with Crippen molar-refractivity contribution in [2.24, 2.45) is 0 Å². The van der Waals surface area contributed by atoms with Gasteiger partial charge in [-0.05, 0) is 40.8 Å². The molecule has 0 unspecified atom stereocenters. The van der Waals surface area contributed by atoms with Crippen LogP contribution in [0.4, 0.5) is 0 Å². The largest absolute Gasteiger partial charge is 0.507 e. The van der Waals surface area contributed by atoms with Gasteiger partial charge < -0.3 is 19.5 Å². The van der Waals surface area contributed by atoms with Gasteiger partial charge in [-0.25, -0.2) is 0 Å². The molecule has 1 aliphatic rings. The minimum Gasteiger partial charge on any atom is -0.507 e. The molecule has 1 aliphatic heterocycles. The molecular weight excluding hydrogens is 418 g/mol. The Hall–Kier alpha value is -3.38. The summed E-state index contributed by atoms with van der Waals surface area (Å²) in [5, 5.41) is 11.1. The van der Waals surface area contributed by atoms with E-state index in [2.05, 4.69) is 27.4 Å². The number of Topliss-reactive ketones (excluding diaryl/α,β-unsaturated/α-hetero) is 1. The third-order valence-corrected chi connectivity index (χ3v) is 5.66. The summed E-state index contributed by atoms with van der Waals surface area (Å²) in [5.74, 6) is -0.959. The normalized spacial score (nSPS) is 17.9. The lowest BCUT2D eigenvalue weighted by molar-refractivity contribution is -0.140. The van der Waals surface area contributed by atoms with Crippen molar-refractivity contribution in [1.82, 2.24) is 4.90 Å². The summed E-state index contributed by atoms with van der Waals surface area (Å²) < 4.78 is 10.6. The predicted molar refractivity (Wildman–Crippen MR) is 128 cm³/mol. The van der Waals surface area contributed by atoms with Gasteiger partial charge in [-0.2, -0.15) is 0 Å². The topological polar surface area (TPSA) is 76.1 Å². The molecule has 6 heteroatoms. The molecule has 0 spiro atoms. The highest BCUT2D eigenvalue weighted by Gasteiger charge is 2.45. The Kier molecular flexibility index (Phi) is 7.39. The molecule has 1 fully saturated rings. The number of amides is 1. The number of rotatable bonds is 8. The zero-order valence-corrected chi connectivity index (χ0v) is 19.6. The first-order chi connectivity index (χ1) is 15.7. The first-order valence-electron chi connectivity index (χ1n) is 10.9. The summed E-state index contributed by atoms with van der Waals surface area (Å²) in [4.78, 5) is 27.4. The lowest BCUT2D eigenvalue weighted by atomic mass is 9.85. The second kappa shape index (κ2) is 10.0. The molecule has 0 aliphatic carbocycles. The fraction of sp³-hybridized carbons (Fsp3) is 0.333. The lowest BCUT2D eigenvalue weighted by Crippen LogP contribution is -2.32. The molecule has 2 aromatic carbocycles. The highest BCUT2D eigenvalue weighted by Crippen LogP contribution is 2.40. The van der Waals surface area contributed by atoms with Crippen LogP contribution in [0.5, 0.6) is 5.75 Å². The van der Waals surface area contributed by atoms with Crippen LogP contribution in [0.25, 0.3) is 5.76 Å². The second-order valence-corrected chi connectivity index (χ2v) is 8.98. The van der Waals surface area contributed by atoms with E-state index in [-0.39, 0.29) is 29.9 Å². The number of hydrogen-bond donors (Lipinski definition) is 1. The number of carbonyl (C=O) groups excluding carboxylic acids is 2. The number of hydrogen-bond acceptors (Lipinski definition) is 5. The SMILES string of the molecule is C=CCOc1ccc(C(O)=C2C(=O)C(=O)N(CCOC)[C@H]2c2ccc(C(C)(C)C)cc2)cc1. The molecule has 1 heterocycles. The molecule has 1 saturated heterocycles. The summed E-state index contributed by atoms with van der Waals surface area (Å²) in [5.41, 5.74) is 2.36. The number of carbonyl (C=O) groups is 2. The van der Waals surface area contributed by atoms with Gasteiger partial charge in [0.25, 0.3) is 11.7 Å². The van der Waals surface area contributed by atoms with Crippen molar-refractivity contribution in [2.75, 3.05) is 26.9 Å². The minimum absolute atomic E-state index is 0.0359. The van der Waals surface area contributed by atoms with Crippen molar-refractivity contribution in [3.05, 3.63) is 83.4 Å². The van der Waals surface area contributed by atoms with Gasteiger partial charge in [0.15, 0.2) is 0 Å². The number of methoxy groups -OCH3 is 1. The highest BCUT2D eigenvalue weighted by molar-refractivity contribution is 6.46. The maximum absolute atomic E-state index is 13.0. The number of nitrogens with zero attached hydrogens (tertiary/aromatic N) is 1. The van der Waals surface area contributed by atoms with Gasteiger partial charge in [0.1, 0.15) is 18.1 Å². The Morgan fingerprint density at radius 3 is 2.27 bits per heavy atom. The maximum atomic E-state index is 13.0. The molecule has 33 heavy (non-hydrogen) atoms. The van der Waals surface area contributed by atoms with E-state index in [0.717, 1.165) is 11.1 Å². The Labute approximate surface area is 195 Å². The van der Waals surface area contributed by atoms with E-state index in [1.807, 2.05) is 24.3 Å². The smallest absolute Gasteiger partial charge is 0.295 e. The average Bonchev–Trinajstić information content (AvgIpc) is 3.05. The van der Waals surface area contributed by atoms with Crippen LogP contribution in [0.1, 0.15) is 43.5 Å². The molecule has 1 atom stereocenters. The first-order valence-corrected chi connectivity index (χ1v) is 10.9. The van der Waals surface area contributed by atoms with Gasteiger partial charge in [-0.1, -0.05) is 57.7 Å². The summed E-state index contributed by atoms with van der Waals surface area (Å²) in [6.45, 7) is 10.9. The summed E-state index contributed by atoms with van der Waals surface area (Å²) in [7, 11) is 1.54. The van der Waals surface area contributed by atoms with Gasteiger partial charge in [0.2, 0.25) is 0 Å². The maximum Gasteiger partial charge on any atom is 0.295 e. The Balaban J connectivity index is 2.07. The molecule has 0 aromatic heterocycles. The fourth-order valence-corrected chi connectivity index (χ4v) is 3.83.